The second kappa shape index (κ2) is 10.2. The van der Waals surface area contributed by atoms with Gasteiger partial charge in [0.1, 0.15) is 12.2 Å². The summed E-state index contributed by atoms with van der Waals surface area (Å²) < 4.78 is 7.72. The number of anilines is 1. The molecule has 1 aliphatic rings. The highest BCUT2D eigenvalue weighted by Crippen LogP contribution is 2.36. The molecule has 4 atom stereocenters. The second-order valence-corrected chi connectivity index (χ2v) is 9.34. The number of amides is 1. The van der Waals surface area contributed by atoms with Crippen LogP contribution in [0.5, 0.6) is 0 Å². The zero-order chi connectivity index (χ0) is 26.1. The molecule has 192 valence electrons. The average Bonchev–Trinajstić information content (AvgIpc) is 3.43. The van der Waals surface area contributed by atoms with E-state index in [2.05, 4.69) is 25.6 Å². The van der Waals surface area contributed by atoms with Gasteiger partial charge in [0, 0.05) is 36.6 Å². The number of aliphatic hydroxyl groups excluding tert-OH is 1. The van der Waals surface area contributed by atoms with Crippen molar-refractivity contribution in [2.24, 2.45) is 5.92 Å². The quantitative estimate of drug-likeness (QED) is 0.348. The highest BCUT2D eigenvalue weighted by Gasteiger charge is 2.46. The van der Waals surface area contributed by atoms with Crippen LogP contribution < -0.4 is 10.6 Å². The number of aliphatic hydroxyl groups is 1. The molecular weight excluding hydrogens is 472 g/mol. The van der Waals surface area contributed by atoms with Crippen LogP contribution in [0.3, 0.4) is 0 Å². The number of hydrogen-bond donors (Lipinski definition) is 3. The molecule has 0 aliphatic carbocycles. The SMILES string of the molecule is CCNC(=O)[C@H]1O[C@@H](n2cnc3c(NCc4cc(C)ccn4)nc(-c4cncc(C)c4)nc32)[C@H](O)C1C. The lowest BCUT2D eigenvalue weighted by atomic mass is 10.00. The zero-order valence-corrected chi connectivity index (χ0v) is 21.2. The summed E-state index contributed by atoms with van der Waals surface area (Å²) in [5.74, 6) is 0.298. The van der Waals surface area contributed by atoms with Crippen LogP contribution in [0.1, 0.15) is 36.9 Å². The third-order valence-corrected chi connectivity index (χ3v) is 6.44. The fourth-order valence-corrected chi connectivity index (χ4v) is 4.50. The largest absolute Gasteiger partial charge is 0.388 e. The van der Waals surface area contributed by atoms with Gasteiger partial charge >= 0.3 is 0 Å². The predicted molar refractivity (Wildman–Crippen MR) is 137 cm³/mol. The Balaban J connectivity index is 1.56. The lowest BCUT2D eigenvalue weighted by molar-refractivity contribution is -0.135. The van der Waals surface area contributed by atoms with Crippen LogP contribution in [0.15, 0.2) is 43.1 Å². The minimum Gasteiger partial charge on any atom is -0.388 e. The van der Waals surface area contributed by atoms with E-state index in [9.17, 15) is 9.90 Å². The maximum atomic E-state index is 12.5. The van der Waals surface area contributed by atoms with Crippen molar-refractivity contribution in [2.45, 2.75) is 52.7 Å². The number of aryl methyl sites for hydroxylation is 2. The van der Waals surface area contributed by atoms with Crippen molar-refractivity contribution in [3.05, 3.63) is 59.9 Å². The van der Waals surface area contributed by atoms with Crippen molar-refractivity contribution in [1.82, 2.24) is 34.8 Å². The Morgan fingerprint density at radius 1 is 1.16 bits per heavy atom. The molecule has 5 heterocycles. The number of aromatic nitrogens is 6. The van der Waals surface area contributed by atoms with Gasteiger partial charge in [-0.05, 0) is 50.1 Å². The van der Waals surface area contributed by atoms with Gasteiger partial charge in [-0.25, -0.2) is 15.0 Å². The number of imidazole rings is 1. The van der Waals surface area contributed by atoms with Gasteiger partial charge in [0.2, 0.25) is 5.91 Å². The third kappa shape index (κ3) is 4.87. The van der Waals surface area contributed by atoms with E-state index in [0.717, 1.165) is 22.4 Å². The van der Waals surface area contributed by atoms with Crippen LogP contribution in [-0.2, 0) is 16.1 Å². The summed E-state index contributed by atoms with van der Waals surface area (Å²) in [6.45, 7) is 8.52. The van der Waals surface area contributed by atoms with Crippen LogP contribution in [0.25, 0.3) is 22.6 Å². The topological polar surface area (TPSA) is 140 Å². The highest BCUT2D eigenvalue weighted by molar-refractivity contribution is 5.85. The van der Waals surface area contributed by atoms with Gasteiger partial charge in [0.15, 0.2) is 29.0 Å². The first-order valence-electron chi connectivity index (χ1n) is 12.3. The van der Waals surface area contributed by atoms with E-state index in [0.29, 0.717) is 35.9 Å². The van der Waals surface area contributed by atoms with Crippen molar-refractivity contribution in [3.8, 4) is 11.4 Å². The number of carbonyl (C=O) groups is 1. The molecule has 0 aromatic carbocycles. The number of pyridine rings is 2. The number of likely N-dealkylation sites (N-methyl/N-ethyl adjacent to an activating group) is 1. The molecule has 0 radical (unpaired) electrons. The van der Waals surface area contributed by atoms with Gasteiger partial charge in [0.25, 0.3) is 0 Å². The Labute approximate surface area is 214 Å². The van der Waals surface area contributed by atoms with Crippen LogP contribution in [-0.4, -0.2) is 59.3 Å². The Hall–Kier alpha value is -3.96. The first-order valence-corrected chi connectivity index (χ1v) is 12.3. The van der Waals surface area contributed by atoms with E-state index >= 15 is 0 Å². The summed E-state index contributed by atoms with van der Waals surface area (Å²) in [6.07, 6.45) is 4.24. The van der Waals surface area contributed by atoms with E-state index in [4.69, 9.17) is 14.7 Å². The van der Waals surface area contributed by atoms with Crippen LogP contribution in [0.2, 0.25) is 0 Å². The predicted octanol–water partition coefficient (Wildman–Crippen LogP) is 2.54. The first-order chi connectivity index (χ1) is 17.9. The normalized spacial score (nSPS) is 21.3. The number of rotatable bonds is 7. The standard InChI is InChI=1S/C26H30N8O3/c1-5-28-25(36)21-16(4)20(35)26(37-21)34-13-31-19-23(30-12-18-9-14(2)6-7-29-18)32-22(33-24(19)34)17-8-15(3)10-27-11-17/h6-11,13,16,20-21,26,35H,5,12H2,1-4H3,(H,28,36)(H,30,32,33)/t16?,20-,21+,26-/m1/s1. The average molecular weight is 503 g/mol. The van der Waals surface area contributed by atoms with Crippen molar-refractivity contribution >= 4 is 22.9 Å². The van der Waals surface area contributed by atoms with Gasteiger partial charge in [0.05, 0.1) is 18.6 Å². The summed E-state index contributed by atoms with van der Waals surface area (Å²) >= 11 is 0. The Morgan fingerprint density at radius 3 is 2.76 bits per heavy atom. The van der Waals surface area contributed by atoms with E-state index in [1.54, 1.807) is 36.4 Å². The number of carbonyl (C=O) groups excluding carboxylic acids is 1. The number of nitrogens with zero attached hydrogens (tertiary/aromatic N) is 6. The zero-order valence-electron chi connectivity index (χ0n) is 21.2. The molecule has 4 aromatic rings. The number of nitrogens with one attached hydrogen (secondary N) is 2. The smallest absolute Gasteiger partial charge is 0.249 e. The molecule has 37 heavy (non-hydrogen) atoms. The highest BCUT2D eigenvalue weighted by atomic mass is 16.5. The van der Waals surface area contributed by atoms with E-state index in [1.165, 1.54) is 0 Å². The minimum absolute atomic E-state index is 0.255. The molecule has 1 unspecified atom stereocenters. The Bertz CT molecular complexity index is 1440. The maximum Gasteiger partial charge on any atom is 0.249 e. The molecule has 4 aromatic heterocycles. The number of fused-ring (bicyclic) bond motifs is 1. The number of hydrogen-bond acceptors (Lipinski definition) is 9. The minimum atomic E-state index is -0.933. The third-order valence-electron chi connectivity index (χ3n) is 6.44. The van der Waals surface area contributed by atoms with Crippen LogP contribution in [0.4, 0.5) is 5.82 Å². The Kier molecular flexibility index (Phi) is 6.81. The summed E-state index contributed by atoms with van der Waals surface area (Å²) in [7, 11) is 0. The molecule has 0 spiro atoms. The number of ether oxygens (including phenoxy) is 1. The lowest BCUT2D eigenvalue weighted by Gasteiger charge is -2.17. The lowest BCUT2D eigenvalue weighted by Crippen LogP contribution is -2.38. The molecule has 0 saturated carbocycles. The molecule has 11 heteroatoms. The molecule has 1 aliphatic heterocycles. The molecule has 5 rings (SSSR count). The molecule has 0 bridgehead atoms. The van der Waals surface area contributed by atoms with Gasteiger partial charge in [-0.1, -0.05) is 6.92 Å². The van der Waals surface area contributed by atoms with Gasteiger partial charge in [-0.3, -0.25) is 19.3 Å². The van der Waals surface area contributed by atoms with Gasteiger partial charge in [-0.15, -0.1) is 0 Å². The monoisotopic (exact) mass is 502 g/mol. The van der Waals surface area contributed by atoms with Crippen LogP contribution in [0, 0.1) is 19.8 Å². The van der Waals surface area contributed by atoms with Crippen molar-refractivity contribution in [1.29, 1.82) is 0 Å². The molecule has 11 nitrogen and oxygen atoms in total. The molecular formula is C26H30N8O3. The van der Waals surface area contributed by atoms with Crippen molar-refractivity contribution in [3.63, 3.8) is 0 Å². The molecule has 1 saturated heterocycles. The maximum absolute atomic E-state index is 12.5. The van der Waals surface area contributed by atoms with Gasteiger partial charge < -0.3 is 20.5 Å². The van der Waals surface area contributed by atoms with Gasteiger partial charge in [-0.2, -0.15) is 0 Å². The van der Waals surface area contributed by atoms with Crippen LogP contribution >= 0.6 is 0 Å². The van der Waals surface area contributed by atoms with E-state index in [1.807, 2.05) is 39.0 Å². The fraction of sp³-hybridized carbons (Fsp3) is 0.385. The van der Waals surface area contributed by atoms with Crippen molar-refractivity contribution in [2.75, 3.05) is 11.9 Å². The summed E-state index contributed by atoms with van der Waals surface area (Å²) in [5.41, 5.74) is 4.67. The molecule has 1 amide bonds. The summed E-state index contributed by atoms with van der Waals surface area (Å²) in [6, 6.07) is 5.90. The van der Waals surface area contributed by atoms with E-state index in [-0.39, 0.29) is 5.91 Å². The summed E-state index contributed by atoms with van der Waals surface area (Å²) in [5, 5.41) is 17.1. The van der Waals surface area contributed by atoms with E-state index < -0.39 is 24.4 Å². The van der Waals surface area contributed by atoms with Crippen molar-refractivity contribution < 1.29 is 14.6 Å². The molecule has 1 fully saturated rings. The summed E-state index contributed by atoms with van der Waals surface area (Å²) in [4.78, 5) is 35.3. The second-order valence-electron chi connectivity index (χ2n) is 9.34. The Morgan fingerprint density at radius 2 is 2.00 bits per heavy atom. The molecule has 3 N–H and O–H groups in total. The fourth-order valence-electron chi connectivity index (χ4n) is 4.50. The first kappa shape index (κ1) is 24.7.